The minimum Gasteiger partial charge on any atom is -0.485 e. The quantitative estimate of drug-likeness (QED) is 0.502. The summed E-state index contributed by atoms with van der Waals surface area (Å²) >= 11 is 3.56. The summed E-state index contributed by atoms with van der Waals surface area (Å²) in [5.74, 6) is 0.545. The van der Waals surface area contributed by atoms with Crippen molar-refractivity contribution in [1.82, 2.24) is 9.55 Å². The smallest absolute Gasteiger partial charge is 0.161 e. The molecule has 0 aliphatic carbocycles. The van der Waals surface area contributed by atoms with Gasteiger partial charge < -0.3 is 9.30 Å². The van der Waals surface area contributed by atoms with E-state index in [0.29, 0.717) is 6.61 Å². The van der Waals surface area contributed by atoms with Crippen molar-refractivity contribution in [2.24, 2.45) is 0 Å². The van der Waals surface area contributed by atoms with Crippen LogP contribution in [-0.4, -0.2) is 9.55 Å². The highest BCUT2D eigenvalue weighted by molar-refractivity contribution is 9.10. The lowest BCUT2D eigenvalue weighted by molar-refractivity contribution is 0.306. The van der Waals surface area contributed by atoms with Crippen LogP contribution in [0.25, 0.3) is 11.0 Å². The summed E-state index contributed by atoms with van der Waals surface area (Å²) in [7, 11) is 0. The molecule has 0 atom stereocenters. The predicted molar refractivity (Wildman–Crippen MR) is 105 cm³/mol. The average molecular weight is 428 g/mol. The number of pyridine rings is 1. The third-order valence-electron chi connectivity index (χ3n) is 4.28. The maximum Gasteiger partial charge on any atom is 0.161 e. The predicted octanol–water partition coefficient (Wildman–Crippen LogP) is 5.97. The average Bonchev–Trinajstić information content (AvgIpc) is 2.81. The zero-order valence-electron chi connectivity index (χ0n) is 14.5. The lowest BCUT2D eigenvalue weighted by Crippen LogP contribution is -2.03. The number of aromatic nitrogens is 2. The fourth-order valence-corrected chi connectivity index (χ4v) is 3.31. The molecule has 0 aliphatic heterocycles. The third kappa shape index (κ3) is 3.82. The van der Waals surface area contributed by atoms with Crippen molar-refractivity contribution in [3.05, 3.63) is 57.6 Å². The Bertz CT molecular complexity index is 878. The Morgan fingerprint density at radius 1 is 1.20 bits per heavy atom. The summed E-state index contributed by atoms with van der Waals surface area (Å²) in [5.41, 5.74) is 5.30. The van der Waals surface area contributed by atoms with Gasteiger partial charge in [-0.1, -0.05) is 19.1 Å². The molecule has 3 rings (SSSR count). The standard InChI is InChI=1S/C19H20BrFN2O.ClH/c1-4-9-23-13(3)12(2)17-18(23)19(16(20)10-22-17)24-11-14-5-7-15(21)8-6-14;/h5-8,10H,4,9,11H2,1-3H3;1H. The molecule has 6 heteroatoms. The molecular weight excluding hydrogens is 407 g/mol. The van der Waals surface area contributed by atoms with E-state index in [-0.39, 0.29) is 18.2 Å². The molecule has 0 spiro atoms. The number of fused-ring (bicyclic) bond motifs is 1. The third-order valence-corrected chi connectivity index (χ3v) is 4.84. The second-order valence-electron chi connectivity index (χ2n) is 5.91. The lowest BCUT2D eigenvalue weighted by Gasteiger charge is -2.13. The Hall–Kier alpha value is -1.59. The van der Waals surface area contributed by atoms with E-state index < -0.39 is 0 Å². The number of hydrogen-bond donors (Lipinski definition) is 0. The van der Waals surface area contributed by atoms with Crippen molar-refractivity contribution in [3.63, 3.8) is 0 Å². The Balaban J connectivity index is 0.00000225. The van der Waals surface area contributed by atoms with Crippen molar-refractivity contribution >= 4 is 39.4 Å². The van der Waals surface area contributed by atoms with Gasteiger partial charge in [0.15, 0.2) is 5.75 Å². The van der Waals surface area contributed by atoms with Crippen LogP contribution < -0.4 is 4.74 Å². The van der Waals surface area contributed by atoms with Crippen molar-refractivity contribution < 1.29 is 9.13 Å². The Morgan fingerprint density at radius 3 is 2.52 bits per heavy atom. The lowest BCUT2D eigenvalue weighted by atomic mass is 10.2. The van der Waals surface area contributed by atoms with Crippen LogP contribution in [-0.2, 0) is 13.2 Å². The first-order valence-electron chi connectivity index (χ1n) is 8.04. The summed E-state index contributed by atoms with van der Waals surface area (Å²) in [6.45, 7) is 7.67. The first kappa shape index (κ1) is 19.7. The van der Waals surface area contributed by atoms with Crippen molar-refractivity contribution in [2.45, 2.75) is 40.3 Å². The highest BCUT2D eigenvalue weighted by Crippen LogP contribution is 2.37. The van der Waals surface area contributed by atoms with Gasteiger partial charge in [-0.3, -0.25) is 4.98 Å². The molecule has 3 nitrogen and oxygen atoms in total. The van der Waals surface area contributed by atoms with Crippen LogP contribution in [0.15, 0.2) is 34.9 Å². The minimum atomic E-state index is -0.241. The SMILES string of the molecule is CCCn1c(C)c(C)c2ncc(Br)c(OCc3ccc(F)cc3)c21.Cl. The van der Waals surface area contributed by atoms with E-state index in [1.807, 2.05) is 0 Å². The van der Waals surface area contributed by atoms with Crippen LogP contribution in [0.2, 0.25) is 0 Å². The first-order chi connectivity index (χ1) is 11.5. The normalized spacial score (nSPS) is 10.8. The van der Waals surface area contributed by atoms with E-state index in [0.717, 1.165) is 39.8 Å². The van der Waals surface area contributed by atoms with Crippen LogP contribution in [0.3, 0.4) is 0 Å². The number of benzene rings is 1. The maximum atomic E-state index is 13.0. The van der Waals surface area contributed by atoms with E-state index in [9.17, 15) is 4.39 Å². The van der Waals surface area contributed by atoms with Crippen molar-refractivity contribution in [1.29, 1.82) is 0 Å². The van der Waals surface area contributed by atoms with Gasteiger partial charge in [0, 0.05) is 18.4 Å². The molecule has 0 saturated carbocycles. The highest BCUT2D eigenvalue weighted by Gasteiger charge is 2.18. The number of hydrogen-bond acceptors (Lipinski definition) is 2. The van der Waals surface area contributed by atoms with Crippen molar-refractivity contribution in [3.8, 4) is 5.75 Å². The molecule has 0 fully saturated rings. The van der Waals surface area contributed by atoms with Gasteiger partial charge >= 0.3 is 0 Å². The van der Waals surface area contributed by atoms with Crippen LogP contribution in [0.4, 0.5) is 4.39 Å². The molecule has 0 unspecified atom stereocenters. The van der Waals surface area contributed by atoms with E-state index in [1.54, 1.807) is 18.3 Å². The largest absolute Gasteiger partial charge is 0.485 e. The zero-order chi connectivity index (χ0) is 17.3. The van der Waals surface area contributed by atoms with Gasteiger partial charge in [0.25, 0.3) is 0 Å². The molecule has 134 valence electrons. The van der Waals surface area contributed by atoms with Gasteiger partial charge in [-0.25, -0.2) is 4.39 Å². The van der Waals surface area contributed by atoms with Gasteiger partial charge in [0.2, 0.25) is 0 Å². The summed E-state index contributed by atoms with van der Waals surface area (Å²) < 4.78 is 22.2. The molecular formula is C19H21BrClFN2O. The Labute approximate surface area is 161 Å². The van der Waals surface area contributed by atoms with E-state index in [2.05, 4.69) is 46.3 Å². The number of halogens is 3. The monoisotopic (exact) mass is 426 g/mol. The zero-order valence-corrected chi connectivity index (χ0v) is 16.9. The van der Waals surface area contributed by atoms with Gasteiger partial charge in [-0.15, -0.1) is 12.4 Å². The molecule has 1 aromatic carbocycles. The topological polar surface area (TPSA) is 27.1 Å². The van der Waals surface area contributed by atoms with E-state index >= 15 is 0 Å². The molecule has 0 saturated heterocycles. The number of ether oxygens (including phenoxy) is 1. The molecule has 0 radical (unpaired) electrons. The number of aryl methyl sites for hydroxylation is 2. The molecule has 3 aromatic rings. The molecule has 2 aromatic heterocycles. The molecule has 0 amide bonds. The number of rotatable bonds is 5. The molecule has 0 bridgehead atoms. The second kappa shape index (κ2) is 8.19. The van der Waals surface area contributed by atoms with Crippen LogP contribution in [0, 0.1) is 19.7 Å². The summed E-state index contributed by atoms with van der Waals surface area (Å²) in [6.07, 6.45) is 2.82. The van der Waals surface area contributed by atoms with Gasteiger partial charge in [-0.2, -0.15) is 0 Å². The molecule has 25 heavy (non-hydrogen) atoms. The van der Waals surface area contributed by atoms with Crippen LogP contribution in [0.1, 0.15) is 30.2 Å². The van der Waals surface area contributed by atoms with Gasteiger partial charge in [-0.05, 0) is 59.5 Å². The Morgan fingerprint density at radius 2 is 1.88 bits per heavy atom. The Kier molecular flexibility index (Phi) is 6.47. The van der Waals surface area contributed by atoms with E-state index in [4.69, 9.17) is 4.74 Å². The molecule has 2 heterocycles. The molecule has 0 N–H and O–H groups in total. The summed E-state index contributed by atoms with van der Waals surface area (Å²) in [4.78, 5) is 4.57. The fraction of sp³-hybridized carbons (Fsp3) is 0.316. The van der Waals surface area contributed by atoms with Crippen LogP contribution in [0.5, 0.6) is 5.75 Å². The molecule has 0 aliphatic rings. The second-order valence-corrected chi connectivity index (χ2v) is 6.76. The first-order valence-corrected chi connectivity index (χ1v) is 8.83. The van der Waals surface area contributed by atoms with Gasteiger partial charge in [0.1, 0.15) is 17.9 Å². The minimum absolute atomic E-state index is 0. The maximum absolute atomic E-state index is 13.0. The number of nitrogens with zero attached hydrogens (tertiary/aromatic N) is 2. The van der Waals surface area contributed by atoms with E-state index in [1.165, 1.54) is 23.4 Å². The van der Waals surface area contributed by atoms with Crippen molar-refractivity contribution in [2.75, 3.05) is 0 Å². The highest BCUT2D eigenvalue weighted by atomic mass is 79.9. The fourth-order valence-electron chi connectivity index (χ4n) is 2.90. The van der Waals surface area contributed by atoms with Crippen LogP contribution >= 0.6 is 28.3 Å². The summed E-state index contributed by atoms with van der Waals surface area (Å²) in [5, 5.41) is 0. The van der Waals surface area contributed by atoms with Gasteiger partial charge in [0.05, 0.1) is 9.99 Å². The summed E-state index contributed by atoms with van der Waals surface area (Å²) in [6, 6.07) is 6.38.